The minimum atomic E-state index is -0.493. The van der Waals surface area contributed by atoms with Crippen LogP contribution in [0.5, 0.6) is 0 Å². The van der Waals surface area contributed by atoms with E-state index >= 15 is 0 Å². The van der Waals surface area contributed by atoms with E-state index < -0.39 is 5.60 Å². The minimum Gasteiger partial charge on any atom is -0.381 e. The number of ketones is 1. The molecule has 0 aliphatic carbocycles. The first kappa shape index (κ1) is 19.1. The van der Waals surface area contributed by atoms with Crippen molar-refractivity contribution in [3.05, 3.63) is 59.4 Å². The van der Waals surface area contributed by atoms with Gasteiger partial charge in [-0.1, -0.05) is 30.8 Å². The molecule has 26 heavy (non-hydrogen) atoms. The molecule has 0 atom stereocenters. The van der Waals surface area contributed by atoms with Crippen LogP contribution in [0, 0.1) is 5.82 Å². The summed E-state index contributed by atoms with van der Waals surface area (Å²) in [6, 6.07) is 12.5. The van der Waals surface area contributed by atoms with E-state index in [1.165, 1.54) is 17.8 Å². The number of carbonyl (C=O) groups excluding carboxylic acids is 1. The van der Waals surface area contributed by atoms with Crippen LogP contribution in [-0.4, -0.2) is 26.1 Å². The zero-order valence-electron chi connectivity index (χ0n) is 15.1. The van der Waals surface area contributed by atoms with Gasteiger partial charge in [-0.2, -0.15) is 0 Å². The second kappa shape index (κ2) is 8.33. The molecule has 0 N–H and O–H groups in total. The maximum atomic E-state index is 14.3. The summed E-state index contributed by atoms with van der Waals surface area (Å²) in [4.78, 5) is 13.5. The number of methoxy groups -OCH3 is 1. The fourth-order valence-electron chi connectivity index (χ4n) is 3.25. The van der Waals surface area contributed by atoms with Crippen LogP contribution in [0.1, 0.15) is 42.1 Å². The largest absolute Gasteiger partial charge is 0.381 e. The molecule has 1 saturated heterocycles. The lowest BCUT2D eigenvalue weighted by molar-refractivity contribution is -0.0950. The Kier molecular flexibility index (Phi) is 6.12. The summed E-state index contributed by atoms with van der Waals surface area (Å²) in [6.07, 6.45) is 1.92. The predicted octanol–water partition coefficient (Wildman–Crippen LogP) is 5.22. The third kappa shape index (κ3) is 4.17. The predicted molar refractivity (Wildman–Crippen MR) is 100 cm³/mol. The number of benzene rings is 2. The van der Waals surface area contributed by atoms with Crippen LogP contribution in [-0.2, 0) is 15.1 Å². The molecule has 3 rings (SSSR count). The van der Waals surface area contributed by atoms with E-state index in [0.29, 0.717) is 38.0 Å². The average molecular weight is 374 g/mol. The van der Waals surface area contributed by atoms with E-state index in [0.717, 1.165) is 15.4 Å². The number of Topliss-reactive ketones (excluding diaryl/α,β-unsaturated/α-hetero) is 1. The molecular formula is C21H23FO3S. The van der Waals surface area contributed by atoms with Crippen molar-refractivity contribution in [1.82, 2.24) is 0 Å². The van der Waals surface area contributed by atoms with Gasteiger partial charge in [0.1, 0.15) is 5.82 Å². The van der Waals surface area contributed by atoms with Crippen LogP contribution in [0.15, 0.2) is 52.3 Å². The molecule has 138 valence electrons. The summed E-state index contributed by atoms with van der Waals surface area (Å²) in [6.45, 7) is 3.07. The van der Waals surface area contributed by atoms with E-state index in [1.54, 1.807) is 13.2 Å². The van der Waals surface area contributed by atoms with E-state index in [9.17, 15) is 9.18 Å². The molecule has 0 unspecified atom stereocenters. The second-order valence-electron chi connectivity index (χ2n) is 6.39. The number of halogens is 1. The van der Waals surface area contributed by atoms with Crippen molar-refractivity contribution in [3.8, 4) is 0 Å². The van der Waals surface area contributed by atoms with Gasteiger partial charge in [0.25, 0.3) is 0 Å². The summed E-state index contributed by atoms with van der Waals surface area (Å²) in [5.41, 5.74) is 1.06. The topological polar surface area (TPSA) is 35.5 Å². The summed E-state index contributed by atoms with van der Waals surface area (Å²) in [7, 11) is 1.67. The van der Waals surface area contributed by atoms with Crippen molar-refractivity contribution in [3.63, 3.8) is 0 Å². The molecule has 0 saturated carbocycles. The van der Waals surface area contributed by atoms with Crippen molar-refractivity contribution in [1.29, 1.82) is 0 Å². The van der Waals surface area contributed by atoms with E-state index in [4.69, 9.17) is 9.47 Å². The molecule has 1 aliphatic heterocycles. The van der Waals surface area contributed by atoms with Crippen LogP contribution in [0.3, 0.4) is 0 Å². The van der Waals surface area contributed by atoms with Gasteiger partial charge >= 0.3 is 0 Å². The minimum absolute atomic E-state index is 0.121. The maximum absolute atomic E-state index is 14.3. The highest BCUT2D eigenvalue weighted by molar-refractivity contribution is 7.99. The lowest BCUT2D eigenvalue weighted by Crippen LogP contribution is -2.35. The van der Waals surface area contributed by atoms with Gasteiger partial charge in [-0.3, -0.25) is 4.79 Å². The molecule has 5 heteroatoms. The Bertz CT molecular complexity index is 767. The lowest BCUT2D eigenvalue weighted by atomic mass is 9.86. The fraction of sp³-hybridized carbons (Fsp3) is 0.381. The molecule has 0 spiro atoms. The Labute approximate surface area is 157 Å². The fourth-order valence-corrected chi connectivity index (χ4v) is 4.15. The van der Waals surface area contributed by atoms with Crippen LogP contribution >= 0.6 is 11.8 Å². The van der Waals surface area contributed by atoms with Crippen molar-refractivity contribution >= 4 is 17.5 Å². The van der Waals surface area contributed by atoms with E-state index in [1.807, 2.05) is 37.3 Å². The molecule has 0 amide bonds. The smallest absolute Gasteiger partial charge is 0.162 e. The quantitative estimate of drug-likeness (QED) is 0.649. The van der Waals surface area contributed by atoms with Crippen LogP contribution in [0.4, 0.5) is 4.39 Å². The second-order valence-corrected chi connectivity index (χ2v) is 7.54. The summed E-state index contributed by atoms with van der Waals surface area (Å²) in [5.74, 6) is -0.151. The Morgan fingerprint density at radius 1 is 1.15 bits per heavy atom. The van der Waals surface area contributed by atoms with Crippen LogP contribution in [0.25, 0.3) is 0 Å². The molecule has 0 aromatic heterocycles. The molecule has 2 aromatic carbocycles. The Hall–Kier alpha value is -1.69. The highest BCUT2D eigenvalue weighted by Crippen LogP contribution is 2.38. The molecule has 1 heterocycles. The number of carbonyl (C=O) groups is 1. The third-order valence-electron chi connectivity index (χ3n) is 4.82. The van der Waals surface area contributed by atoms with Crippen LogP contribution < -0.4 is 0 Å². The standard InChI is InChI=1S/C21H23FO3S/c1-3-20(23)15-4-6-18(7-5-15)26-19-13-16(12-17(22)14-19)21(24-2)8-10-25-11-9-21/h4-7,12-14H,3,8-11H2,1-2H3. The summed E-state index contributed by atoms with van der Waals surface area (Å²) >= 11 is 1.48. The van der Waals surface area contributed by atoms with Gasteiger partial charge in [0.15, 0.2) is 5.78 Å². The Balaban J connectivity index is 1.84. The Morgan fingerprint density at radius 3 is 2.46 bits per heavy atom. The number of ether oxygens (including phenoxy) is 2. The van der Waals surface area contributed by atoms with Gasteiger partial charge in [0, 0.05) is 54.9 Å². The molecule has 1 fully saturated rings. The highest BCUT2D eigenvalue weighted by Gasteiger charge is 2.35. The molecule has 0 radical (unpaired) electrons. The number of rotatable bonds is 6. The normalized spacial score (nSPS) is 16.4. The Morgan fingerprint density at radius 2 is 1.85 bits per heavy atom. The first-order valence-corrected chi connectivity index (χ1v) is 9.63. The average Bonchev–Trinajstić information content (AvgIpc) is 2.68. The monoisotopic (exact) mass is 374 g/mol. The van der Waals surface area contributed by atoms with Gasteiger partial charge in [-0.15, -0.1) is 0 Å². The first-order chi connectivity index (χ1) is 12.6. The van der Waals surface area contributed by atoms with E-state index in [2.05, 4.69) is 0 Å². The number of hydrogen-bond donors (Lipinski definition) is 0. The molecule has 2 aromatic rings. The van der Waals surface area contributed by atoms with Crippen molar-refractivity contribution in [2.24, 2.45) is 0 Å². The highest BCUT2D eigenvalue weighted by atomic mass is 32.2. The molecule has 3 nitrogen and oxygen atoms in total. The van der Waals surface area contributed by atoms with Gasteiger partial charge < -0.3 is 9.47 Å². The number of hydrogen-bond acceptors (Lipinski definition) is 4. The summed E-state index contributed by atoms with van der Waals surface area (Å²) < 4.78 is 25.5. The van der Waals surface area contributed by atoms with Gasteiger partial charge in [-0.05, 0) is 35.9 Å². The van der Waals surface area contributed by atoms with Crippen molar-refractivity contribution in [2.75, 3.05) is 20.3 Å². The zero-order valence-corrected chi connectivity index (χ0v) is 15.9. The first-order valence-electron chi connectivity index (χ1n) is 8.81. The van der Waals surface area contributed by atoms with Gasteiger partial charge in [0.2, 0.25) is 0 Å². The summed E-state index contributed by atoms with van der Waals surface area (Å²) in [5, 5.41) is 0. The van der Waals surface area contributed by atoms with Crippen molar-refractivity contribution in [2.45, 2.75) is 41.6 Å². The van der Waals surface area contributed by atoms with Crippen molar-refractivity contribution < 1.29 is 18.7 Å². The lowest BCUT2D eigenvalue weighted by Gasteiger charge is -2.36. The van der Waals surface area contributed by atoms with Gasteiger partial charge in [-0.25, -0.2) is 4.39 Å². The van der Waals surface area contributed by atoms with Crippen LogP contribution in [0.2, 0.25) is 0 Å². The molecular weight excluding hydrogens is 351 g/mol. The maximum Gasteiger partial charge on any atom is 0.162 e. The molecule has 0 bridgehead atoms. The zero-order chi connectivity index (χ0) is 18.6. The SMILES string of the molecule is CCC(=O)c1ccc(Sc2cc(F)cc(C3(OC)CCOCC3)c2)cc1. The third-order valence-corrected chi connectivity index (χ3v) is 5.80. The molecule has 1 aliphatic rings. The van der Waals surface area contributed by atoms with E-state index in [-0.39, 0.29) is 11.6 Å². The van der Waals surface area contributed by atoms with Gasteiger partial charge in [0.05, 0.1) is 5.60 Å².